The summed E-state index contributed by atoms with van der Waals surface area (Å²) in [5, 5.41) is 87.5. The van der Waals surface area contributed by atoms with Crippen molar-refractivity contribution in [3.63, 3.8) is 0 Å². The lowest BCUT2D eigenvalue weighted by molar-refractivity contribution is -0.359. The Morgan fingerprint density at radius 3 is 1.20 bits per heavy atom. The Kier molecular flexibility index (Phi) is 56.8. The third kappa shape index (κ3) is 44.6. The molecule has 1 amide bonds. The summed E-state index contributed by atoms with van der Waals surface area (Å²) in [6, 6.07) is -0.944. The van der Waals surface area contributed by atoms with E-state index >= 15 is 0 Å². The van der Waals surface area contributed by atoms with Crippen molar-refractivity contribution in [1.82, 2.24) is 5.32 Å². The second kappa shape index (κ2) is 61.5. The van der Waals surface area contributed by atoms with Crippen molar-refractivity contribution in [3.8, 4) is 0 Å². The summed E-state index contributed by atoms with van der Waals surface area (Å²) in [4.78, 5) is 13.4. The van der Waals surface area contributed by atoms with Gasteiger partial charge in [-0.1, -0.05) is 297 Å². The Hall–Kier alpha value is -3.09. The molecule has 12 atom stereocenters. The van der Waals surface area contributed by atoms with Gasteiger partial charge in [0.15, 0.2) is 12.6 Å². The minimum Gasteiger partial charge on any atom is -0.394 e. The Morgan fingerprint density at radius 2 is 0.761 bits per heavy atom. The highest BCUT2D eigenvalue weighted by molar-refractivity contribution is 5.76. The van der Waals surface area contributed by atoms with E-state index in [1.54, 1.807) is 6.08 Å². The number of rotatable bonds is 61. The maximum atomic E-state index is 13.4. The van der Waals surface area contributed by atoms with E-state index in [2.05, 4.69) is 104 Å². The molecule has 2 aliphatic rings. The van der Waals surface area contributed by atoms with Gasteiger partial charge in [-0.05, 0) is 89.9 Å². The molecule has 0 spiro atoms. The van der Waals surface area contributed by atoms with Crippen molar-refractivity contribution in [1.29, 1.82) is 0 Å². The van der Waals surface area contributed by atoms with Gasteiger partial charge in [-0.15, -0.1) is 0 Å². The zero-order valence-electron chi connectivity index (χ0n) is 58.0. The number of hydrogen-bond acceptors (Lipinski definition) is 13. The van der Waals surface area contributed by atoms with Gasteiger partial charge in [-0.3, -0.25) is 4.79 Å². The Morgan fingerprint density at radius 1 is 0.402 bits per heavy atom. The fraction of sp³-hybridized carbons (Fsp3) is 0.782. The average molecular weight is 1300 g/mol. The topological polar surface area (TPSA) is 228 Å². The highest BCUT2D eigenvalue weighted by Crippen LogP contribution is 2.30. The molecule has 532 valence electrons. The first kappa shape index (κ1) is 85.0. The molecule has 9 N–H and O–H groups in total. The van der Waals surface area contributed by atoms with Crippen LogP contribution < -0.4 is 5.32 Å². The third-order valence-electron chi connectivity index (χ3n) is 17.7. The van der Waals surface area contributed by atoms with Gasteiger partial charge < -0.3 is 65.1 Å². The molecular formula is C78H137NO13. The molecule has 14 nitrogen and oxygen atoms in total. The molecule has 0 aromatic rings. The summed E-state index contributed by atoms with van der Waals surface area (Å²) in [5.41, 5.74) is 0. The molecule has 2 fully saturated rings. The van der Waals surface area contributed by atoms with Crippen molar-refractivity contribution in [2.75, 3.05) is 19.8 Å². The van der Waals surface area contributed by atoms with Gasteiger partial charge in [0.25, 0.3) is 0 Å². The molecule has 0 aromatic carbocycles. The Labute approximate surface area is 560 Å². The molecule has 2 saturated heterocycles. The third-order valence-corrected chi connectivity index (χ3v) is 17.7. The van der Waals surface area contributed by atoms with E-state index in [4.69, 9.17) is 18.9 Å². The SMILES string of the molecule is CC/C=C\C/C=C\C/C=C\C/C=C\C/C=C\CCCCCCCCCCCCCCCCCCCC(=O)NC(COC1OC(CO)C(OC2OC(CO)C(O)C(O)C2O)C(O)C1O)C(O)/C=C/CC/C=C/CC/C=C/CCCCCCCCCCCCCCCCC. The van der Waals surface area contributed by atoms with Crippen molar-refractivity contribution in [2.24, 2.45) is 0 Å². The van der Waals surface area contributed by atoms with Crippen LogP contribution in [0.5, 0.6) is 0 Å². The second-order valence-electron chi connectivity index (χ2n) is 26.0. The number of allylic oxidation sites excluding steroid dienone is 15. The fourth-order valence-electron chi connectivity index (χ4n) is 11.8. The lowest BCUT2D eigenvalue weighted by atomic mass is 9.97. The van der Waals surface area contributed by atoms with Crippen LogP contribution in [0.4, 0.5) is 0 Å². The van der Waals surface area contributed by atoms with Crippen LogP contribution in [0.1, 0.15) is 296 Å². The van der Waals surface area contributed by atoms with Gasteiger partial charge in [0.05, 0.1) is 32.0 Å². The van der Waals surface area contributed by atoms with Gasteiger partial charge in [0.1, 0.15) is 48.8 Å². The number of carbonyl (C=O) groups excluding carboxylic acids is 1. The average Bonchev–Trinajstić information content (AvgIpc) is 0.829. The summed E-state index contributed by atoms with van der Waals surface area (Å²) in [6.07, 6.45) is 70.4. The summed E-state index contributed by atoms with van der Waals surface area (Å²) in [6.45, 7) is 2.69. The first-order valence-electron chi connectivity index (χ1n) is 37.5. The molecule has 0 radical (unpaired) electrons. The number of aliphatic hydroxyl groups excluding tert-OH is 8. The monoisotopic (exact) mass is 1300 g/mol. The summed E-state index contributed by atoms with van der Waals surface area (Å²) < 4.78 is 22.9. The van der Waals surface area contributed by atoms with Gasteiger partial charge in [-0.2, -0.15) is 0 Å². The molecule has 2 aliphatic heterocycles. The van der Waals surface area contributed by atoms with Crippen LogP contribution in [0.3, 0.4) is 0 Å². The zero-order chi connectivity index (χ0) is 66.6. The number of carbonyl (C=O) groups is 1. The van der Waals surface area contributed by atoms with Gasteiger partial charge >= 0.3 is 0 Å². The summed E-state index contributed by atoms with van der Waals surface area (Å²) in [7, 11) is 0. The second-order valence-corrected chi connectivity index (χ2v) is 26.0. The zero-order valence-corrected chi connectivity index (χ0v) is 58.0. The summed E-state index contributed by atoms with van der Waals surface area (Å²) >= 11 is 0. The first-order valence-corrected chi connectivity index (χ1v) is 37.5. The molecule has 2 heterocycles. The maximum Gasteiger partial charge on any atom is 0.220 e. The van der Waals surface area contributed by atoms with E-state index in [9.17, 15) is 45.6 Å². The van der Waals surface area contributed by atoms with Crippen molar-refractivity contribution in [3.05, 3.63) is 97.2 Å². The molecule has 0 saturated carbocycles. The fourth-order valence-corrected chi connectivity index (χ4v) is 11.8. The van der Waals surface area contributed by atoms with Crippen LogP contribution in [-0.2, 0) is 23.7 Å². The van der Waals surface area contributed by atoms with E-state index < -0.39 is 86.8 Å². The molecule has 0 bridgehead atoms. The molecule has 0 aliphatic carbocycles. The number of unbranched alkanes of at least 4 members (excludes halogenated alkanes) is 34. The predicted octanol–water partition coefficient (Wildman–Crippen LogP) is 16.1. The van der Waals surface area contributed by atoms with E-state index in [0.717, 1.165) is 77.0 Å². The molecule has 2 rings (SSSR count). The van der Waals surface area contributed by atoms with Crippen LogP contribution in [0.2, 0.25) is 0 Å². The largest absolute Gasteiger partial charge is 0.394 e. The number of nitrogens with one attached hydrogen (secondary N) is 1. The van der Waals surface area contributed by atoms with E-state index in [1.807, 2.05) is 6.08 Å². The van der Waals surface area contributed by atoms with E-state index in [-0.39, 0.29) is 18.9 Å². The van der Waals surface area contributed by atoms with Crippen LogP contribution >= 0.6 is 0 Å². The highest BCUT2D eigenvalue weighted by Gasteiger charge is 2.51. The number of ether oxygens (including phenoxy) is 4. The van der Waals surface area contributed by atoms with Crippen molar-refractivity contribution < 1.29 is 64.6 Å². The quantitative estimate of drug-likeness (QED) is 0.0204. The van der Waals surface area contributed by atoms with E-state index in [0.29, 0.717) is 12.8 Å². The summed E-state index contributed by atoms with van der Waals surface area (Å²) in [5.74, 6) is -0.253. The van der Waals surface area contributed by atoms with Crippen LogP contribution in [0, 0.1) is 0 Å². The number of hydrogen-bond donors (Lipinski definition) is 9. The standard InChI is InChI=1S/C78H137NO13/c1-3-5-7-9-11-13-15-17-19-21-23-25-27-29-30-31-32-33-34-35-36-38-40-42-44-46-48-50-52-54-56-58-60-62-70(83)79-66(65-89-77-75(88)73(86)76(69(64-81)91-77)92-78-74(87)72(85)71(84)68(63-80)90-78)67(82)61-59-57-55-53-51-49-47-45-43-41-39-37-28-26-24-22-20-18-16-14-12-10-8-6-4-2/h5,7,11,13,17,19,23,25,29-30,43,45,51,53,59,61,66-69,71-78,80-82,84-88H,3-4,6,8-10,12,14-16,18,20-22,24,26-28,31-42,44,46-50,52,54-58,60,62-65H2,1-2H3,(H,79,83)/b7-5-,13-11-,19-17-,25-23-,30-29-,45-43+,53-51+,61-59+. The van der Waals surface area contributed by atoms with Crippen molar-refractivity contribution in [2.45, 2.75) is 370 Å². The Bertz CT molecular complexity index is 1920. The minimum absolute atomic E-state index is 0.253. The lowest BCUT2D eigenvalue weighted by Crippen LogP contribution is -2.65. The Balaban J connectivity index is 1.66. The molecule has 12 unspecified atom stereocenters. The highest BCUT2D eigenvalue weighted by atomic mass is 16.7. The first-order chi connectivity index (χ1) is 45.1. The van der Waals surface area contributed by atoms with Gasteiger partial charge in [-0.25, -0.2) is 0 Å². The molecule has 92 heavy (non-hydrogen) atoms. The smallest absolute Gasteiger partial charge is 0.220 e. The lowest BCUT2D eigenvalue weighted by Gasteiger charge is -2.46. The van der Waals surface area contributed by atoms with Crippen LogP contribution in [0.15, 0.2) is 97.2 Å². The normalized spacial score (nSPS) is 23.2. The van der Waals surface area contributed by atoms with Gasteiger partial charge in [0, 0.05) is 6.42 Å². The molecule has 0 aromatic heterocycles. The molecular weight excluding hydrogens is 1160 g/mol. The van der Waals surface area contributed by atoms with Crippen LogP contribution in [0.25, 0.3) is 0 Å². The maximum absolute atomic E-state index is 13.4. The predicted molar refractivity (Wildman–Crippen MR) is 378 cm³/mol. The number of aliphatic hydroxyl groups is 8. The minimum atomic E-state index is -1.80. The number of amides is 1. The molecule has 14 heteroatoms. The van der Waals surface area contributed by atoms with Gasteiger partial charge in [0.2, 0.25) is 5.91 Å². The van der Waals surface area contributed by atoms with Crippen LogP contribution in [-0.4, -0.2) is 140 Å². The van der Waals surface area contributed by atoms with E-state index in [1.165, 1.54) is 186 Å². The van der Waals surface area contributed by atoms with Crippen molar-refractivity contribution >= 4 is 5.91 Å².